The molecule has 0 radical (unpaired) electrons. The van der Waals surface area contributed by atoms with Gasteiger partial charge in [0.1, 0.15) is 0 Å². The van der Waals surface area contributed by atoms with Gasteiger partial charge in [0.15, 0.2) is 0 Å². The van der Waals surface area contributed by atoms with Crippen LogP contribution in [0.5, 0.6) is 0 Å². The van der Waals surface area contributed by atoms with Crippen molar-refractivity contribution in [2.75, 3.05) is 68.8 Å². The monoisotopic (exact) mass is 336 g/mol. The molecule has 2 aromatic carbocycles. The van der Waals surface area contributed by atoms with E-state index >= 15 is 0 Å². The Bertz CT molecular complexity index is 572. The number of anilines is 2. The fraction of sp³-hybridized carbons (Fsp3) is 0.429. The zero-order valence-electron chi connectivity index (χ0n) is 14.9. The molecule has 4 nitrogen and oxygen atoms in total. The minimum atomic E-state index is 1.12. The van der Waals surface area contributed by atoms with E-state index in [4.69, 9.17) is 0 Å². The van der Waals surface area contributed by atoms with Crippen LogP contribution in [0, 0.1) is 0 Å². The summed E-state index contributed by atoms with van der Waals surface area (Å²) in [7, 11) is 0. The lowest BCUT2D eigenvalue weighted by Gasteiger charge is -2.41. The first-order valence-corrected chi connectivity index (χ1v) is 9.43. The maximum absolute atomic E-state index is 2.61. The third kappa shape index (κ3) is 4.14. The minimum absolute atomic E-state index is 1.12. The molecule has 25 heavy (non-hydrogen) atoms. The first kappa shape index (κ1) is 16.4. The Kier molecular flexibility index (Phi) is 5.19. The van der Waals surface area contributed by atoms with Crippen LogP contribution < -0.4 is 9.80 Å². The molecule has 2 aliphatic rings. The molecule has 0 amide bonds. The van der Waals surface area contributed by atoms with Crippen LogP contribution in [0.15, 0.2) is 60.7 Å². The lowest BCUT2D eigenvalue weighted by atomic mass is 10.2. The molecule has 0 spiro atoms. The summed E-state index contributed by atoms with van der Waals surface area (Å²) < 4.78 is 0. The molecular formula is C21H28N4. The van der Waals surface area contributed by atoms with Crippen molar-refractivity contribution in [1.29, 1.82) is 0 Å². The van der Waals surface area contributed by atoms with Gasteiger partial charge in [-0.3, -0.25) is 9.80 Å². The fourth-order valence-corrected chi connectivity index (χ4v) is 3.86. The molecule has 4 heteroatoms. The summed E-state index contributed by atoms with van der Waals surface area (Å²) in [4.78, 5) is 10.2. The summed E-state index contributed by atoms with van der Waals surface area (Å²) in [6, 6.07) is 21.6. The standard InChI is InChI=1S/C21H28N4/c1-3-7-20(8-4-1)24-15-11-22(12-16-24)19-23-13-17-25(18-14-23)21-9-5-2-6-10-21/h1-10H,11-19H2. The van der Waals surface area contributed by atoms with Crippen molar-refractivity contribution in [3.8, 4) is 0 Å². The lowest BCUT2D eigenvalue weighted by Crippen LogP contribution is -2.54. The molecule has 0 N–H and O–H groups in total. The van der Waals surface area contributed by atoms with E-state index in [0.29, 0.717) is 0 Å². The summed E-state index contributed by atoms with van der Waals surface area (Å²) in [5.41, 5.74) is 2.72. The number of hydrogen-bond donors (Lipinski definition) is 0. The highest BCUT2D eigenvalue weighted by atomic mass is 15.4. The second-order valence-electron chi connectivity index (χ2n) is 7.02. The molecule has 2 aliphatic heterocycles. The van der Waals surface area contributed by atoms with Gasteiger partial charge in [-0.05, 0) is 24.3 Å². The summed E-state index contributed by atoms with van der Waals surface area (Å²) in [5.74, 6) is 0. The first-order chi connectivity index (χ1) is 12.4. The van der Waals surface area contributed by atoms with Gasteiger partial charge in [-0.1, -0.05) is 36.4 Å². The van der Waals surface area contributed by atoms with Crippen LogP contribution in [0.3, 0.4) is 0 Å². The van der Waals surface area contributed by atoms with E-state index in [1.54, 1.807) is 0 Å². The molecule has 2 heterocycles. The van der Waals surface area contributed by atoms with Crippen LogP contribution in [-0.4, -0.2) is 68.8 Å². The molecule has 0 atom stereocenters. The van der Waals surface area contributed by atoms with Gasteiger partial charge < -0.3 is 9.80 Å². The number of hydrogen-bond acceptors (Lipinski definition) is 4. The predicted octanol–water partition coefficient (Wildman–Crippen LogP) is 2.59. The maximum Gasteiger partial charge on any atom is 0.0509 e. The number of para-hydroxylation sites is 2. The maximum atomic E-state index is 2.61. The van der Waals surface area contributed by atoms with E-state index in [2.05, 4.69) is 80.3 Å². The molecule has 0 aliphatic carbocycles. The van der Waals surface area contributed by atoms with Gasteiger partial charge in [0.25, 0.3) is 0 Å². The van der Waals surface area contributed by atoms with Crippen molar-refractivity contribution >= 4 is 11.4 Å². The Morgan fingerprint density at radius 3 is 1.20 bits per heavy atom. The largest absolute Gasteiger partial charge is 0.369 e. The Hall–Kier alpha value is -2.04. The molecule has 0 bridgehead atoms. The summed E-state index contributed by atoms with van der Waals surface area (Å²) in [5, 5.41) is 0. The van der Waals surface area contributed by atoms with Gasteiger partial charge in [-0.25, -0.2) is 0 Å². The van der Waals surface area contributed by atoms with Crippen LogP contribution in [0.2, 0.25) is 0 Å². The average Bonchev–Trinajstić information content (AvgIpc) is 2.71. The summed E-state index contributed by atoms with van der Waals surface area (Å²) in [6.45, 7) is 10.3. The molecule has 2 saturated heterocycles. The smallest absolute Gasteiger partial charge is 0.0509 e. The van der Waals surface area contributed by atoms with Crippen LogP contribution in [-0.2, 0) is 0 Å². The molecule has 132 valence electrons. The van der Waals surface area contributed by atoms with E-state index in [1.165, 1.54) is 11.4 Å². The number of nitrogens with zero attached hydrogens (tertiary/aromatic N) is 4. The van der Waals surface area contributed by atoms with Crippen molar-refractivity contribution in [2.45, 2.75) is 0 Å². The quantitative estimate of drug-likeness (QED) is 0.851. The third-order valence-electron chi connectivity index (χ3n) is 5.39. The zero-order valence-corrected chi connectivity index (χ0v) is 14.9. The van der Waals surface area contributed by atoms with E-state index in [-0.39, 0.29) is 0 Å². The van der Waals surface area contributed by atoms with E-state index in [9.17, 15) is 0 Å². The fourth-order valence-electron chi connectivity index (χ4n) is 3.86. The summed E-state index contributed by atoms with van der Waals surface area (Å²) in [6.07, 6.45) is 0. The van der Waals surface area contributed by atoms with Crippen LogP contribution >= 0.6 is 0 Å². The molecule has 0 aromatic heterocycles. The molecule has 0 saturated carbocycles. The average molecular weight is 336 g/mol. The van der Waals surface area contributed by atoms with Gasteiger partial charge in [-0.15, -0.1) is 0 Å². The van der Waals surface area contributed by atoms with Gasteiger partial charge >= 0.3 is 0 Å². The van der Waals surface area contributed by atoms with Crippen molar-refractivity contribution in [1.82, 2.24) is 9.80 Å². The second kappa shape index (κ2) is 7.89. The molecule has 2 aromatic rings. The Morgan fingerprint density at radius 2 is 0.840 bits per heavy atom. The molecule has 4 rings (SSSR count). The van der Waals surface area contributed by atoms with Crippen molar-refractivity contribution in [3.63, 3.8) is 0 Å². The van der Waals surface area contributed by atoms with E-state index in [0.717, 1.165) is 59.0 Å². The van der Waals surface area contributed by atoms with Gasteiger partial charge in [-0.2, -0.15) is 0 Å². The van der Waals surface area contributed by atoms with Crippen molar-refractivity contribution in [2.24, 2.45) is 0 Å². The van der Waals surface area contributed by atoms with Crippen LogP contribution in [0.1, 0.15) is 0 Å². The highest BCUT2D eigenvalue weighted by Gasteiger charge is 2.22. The van der Waals surface area contributed by atoms with Crippen molar-refractivity contribution < 1.29 is 0 Å². The van der Waals surface area contributed by atoms with E-state index in [1.807, 2.05) is 0 Å². The topological polar surface area (TPSA) is 13.0 Å². The highest BCUT2D eigenvalue weighted by molar-refractivity contribution is 5.47. The normalized spacial score (nSPS) is 20.0. The number of rotatable bonds is 4. The molecule has 0 unspecified atom stereocenters. The molecular weight excluding hydrogens is 308 g/mol. The minimum Gasteiger partial charge on any atom is -0.369 e. The number of piperazine rings is 2. The van der Waals surface area contributed by atoms with E-state index < -0.39 is 0 Å². The lowest BCUT2D eigenvalue weighted by molar-refractivity contribution is 0.120. The highest BCUT2D eigenvalue weighted by Crippen LogP contribution is 2.17. The van der Waals surface area contributed by atoms with Crippen LogP contribution in [0.4, 0.5) is 11.4 Å². The SMILES string of the molecule is c1ccc(N2CCN(CN3CCN(c4ccccc4)CC3)CC2)cc1. The van der Waals surface area contributed by atoms with Gasteiger partial charge in [0, 0.05) is 63.7 Å². The predicted molar refractivity (Wildman–Crippen MR) is 105 cm³/mol. The van der Waals surface area contributed by atoms with Gasteiger partial charge in [0.2, 0.25) is 0 Å². The van der Waals surface area contributed by atoms with Crippen LogP contribution in [0.25, 0.3) is 0 Å². The Balaban J connectivity index is 1.22. The Labute approximate surface area is 151 Å². The number of benzene rings is 2. The summed E-state index contributed by atoms with van der Waals surface area (Å²) >= 11 is 0. The first-order valence-electron chi connectivity index (χ1n) is 9.43. The Morgan fingerprint density at radius 1 is 0.480 bits per heavy atom. The third-order valence-corrected chi connectivity index (χ3v) is 5.39. The second-order valence-corrected chi connectivity index (χ2v) is 7.02. The van der Waals surface area contributed by atoms with Crippen molar-refractivity contribution in [3.05, 3.63) is 60.7 Å². The zero-order chi connectivity index (χ0) is 16.9. The van der Waals surface area contributed by atoms with Gasteiger partial charge in [0.05, 0.1) is 6.67 Å². The molecule has 2 fully saturated rings.